The molecule has 1 heterocycles. The molecule has 1 aromatic heterocycles. The third-order valence-electron chi connectivity index (χ3n) is 2.29. The Hall–Kier alpha value is -2.01. The Balaban J connectivity index is 2.27. The number of aromatic hydroxyl groups is 1. The van der Waals surface area contributed by atoms with Gasteiger partial charge in [0, 0.05) is 10.0 Å². The molecule has 0 aliphatic carbocycles. The molecule has 0 aliphatic heterocycles. The van der Waals surface area contributed by atoms with Crippen LogP contribution in [0.1, 0.15) is 11.3 Å². The zero-order chi connectivity index (χ0) is 13.0. The molecule has 2 aromatic rings. The average Bonchev–Trinajstić information content (AvgIpc) is 2.88. The molecular formula is C13H10BrNO3. The molecule has 0 saturated carbocycles. The first kappa shape index (κ1) is 12.4. The van der Waals surface area contributed by atoms with Crippen molar-refractivity contribution in [2.24, 2.45) is 5.16 Å². The summed E-state index contributed by atoms with van der Waals surface area (Å²) in [6, 6.07) is 8.45. The van der Waals surface area contributed by atoms with E-state index in [9.17, 15) is 5.11 Å². The maximum atomic E-state index is 9.65. The lowest BCUT2D eigenvalue weighted by Crippen LogP contribution is -1.93. The van der Waals surface area contributed by atoms with Crippen LogP contribution in [-0.2, 0) is 0 Å². The number of oxime groups is 1. The number of nitrogens with zero attached hydrogens (tertiary/aromatic N) is 1. The van der Waals surface area contributed by atoms with E-state index in [-0.39, 0.29) is 11.5 Å². The normalized spacial score (nSPS) is 12.2. The van der Waals surface area contributed by atoms with Crippen molar-refractivity contribution in [3.8, 4) is 5.75 Å². The first-order valence-electron chi connectivity index (χ1n) is 5.13. The number of halogens is 1. The van der Waals surface area contributed by atoms with E-state index in [2.05, 4.69) is 21.1 Å². The molecule has 92 valence electrons. The molecule has 1 aromatic carbocycles. The minimum atomic E-state index is 0.145. The molecule has 0 unspecified atom stereocenters. The summed E-state index contributed by atoms with van der Waals surface area (Å²) in [5.41, 5.74) is 0.886. The van der Waals surface area contributed by atoms with E-state index in [1.54, 1.807) is 42.5 Å². The summed E-state index contributed by atoms with van der Waals surface area (Å²) in [5, 5.41) is 21.7. The van der Waals surface area contributed by atoms with Crippen molar-refractivity contribution in [2.45, 2.75) is 0 Å². The maximum absolute atomic E-state index is 9.65. The number of phenols is 1. The van der Waals surface area contributed by atoms with Gasteiger partial charge in [0.15, 0.2) is 5.76 Å². The highest BCUT2D eigenvalue weighted by Gasteiger charge is 2.04. The number of furan rings is 1. The van der Waals surface area contributed by atoms with E-state index < -0.39 is 0 Å². The second-order valence-corrected chi connectivity index (χ2v) is 4.41. The van der Waals surface area contributed by atoms with Gasteiger partial charge in [-0.3, -0.25) is 0 Å². The average molecular weight is 308 g/mol. The number of phenolic OH excluding ortho intramolecular Hbond substituents is 1. The van der Waals surface area contributed by atoms with E-state index in [1.807, 2.05) is 0 Å². The smallest absolute Gasteiger partial charge is 0.155 e. The highest BCUT2D eigenvalue weighted by atomic mass is 79.9. The number of hydrogen-bond acceptors (Lipinski definition) is 4. The SMILES string of the molecule is O/N=C(/C=C/c1cc(Br)ccc1O)c1ccco1. The van der Waals surface area contributed by atoms with Gasteiger partial charge in [-0.25, -0.2) is 0 Å². The highest BCUT2D eigenvalue weighted by Crippen LogP contribution is 2.23. The third-order valence-corrected chi connectivity index (χ3v) is 2.78. The fourth-order valence-electron chi connectivity index (χ4n) is 1.42. The predicted octanol–water partition coefficient (Wildman–Crippen LogP) is 3.64. The summed E-state index contributed by atoms with van der Waals surface area (Å²) in [5.74, 6) is 0.592. The van der Waals surface area contributed by atoms with Gasteiger partial charge in [0.2, 0.25) is 0 Å². The van der Waals surface area contributed by atoms with Gasteiger partial charge in [-0.15, -0.1) is 0 Å². The van der Waals surface area contributed by atoms with Crippen LogP contribution in [-0.4, -0.2) is 16.0 Å². The molecule has 0 radical (unpaired) electrons. The Bertz CT molecular complexity index is 588. The van der Waals surface area contributed by atoms with Crippen molar-refractivity contribution in [3.05, 3.63) is 58.5 Å². The van der Waals surface area contributed by atoms with E-state index >= 15 is 0 Å². The molecule has 0 fully saturated rings. The van der Waals surface area contributed by atoms with Crippen LogP contribution in [0.5, 0.6) is 5.75 Å². The predicted molar refractivity (Wildman–Crippen MR) is 71.9 cm³/mol. The van der Waals surface area contributed by atoms with Gasteiger partial charge < -0.3 is 14.7 Å². The lowest BCUT2D eigenvalue weighted by Gasteiger charge is -1.99. The Morgan fingerprint density at radius 1 is 1.33 bits per heavy atom. The van der Waals surface area contributed by atoms with E-state index in [1.165, 1.54) is 6.26 Å². The number of rotatable bonds is 3. The molecule has 0 saturated heterocycles. The van der Waals surface area contributed by atoms with Crippen LogP contribution in [0.25, 0.3) is 6.08 Å². The minimum absolute atomic E-state index is 0.145. The van der Waals surface area contributed by atoms with Crippen LogP contribution in [0.2, 0.25) is 0 Å². The Morgan fingerprint density at radius 2 is 2.17 bits per heavy atom. The zero-order valence-corrected chi connectivity index (χ0v) is 10.8. The number of hydrogen-bond donors (Lipinski definition) is 2. The van der Waals surface area contributed by atoms with Gasteiger partial charge in [-0.1, -0.05) is 21.1 Å². The maximum Gasteiger partial charge on any atom is 0.155 e. The standard InChI is InChI=1S/C13H10BrNO3/c14-10-4-6-12(16)9(8-10)3-5-11(15-17)13-2-1-7-18-13/h1-8,16-17H/b5-3+,15-11-. The van der Waals surface area contributed by atoms with Gasteiger partial charge in [-0.05, 0) is 42.5 Å². The summed E-state index contributed by atoms with van der Waals surface area (Å²) in [7, 11) is 0. The van der Waals surface area contributed by atoms with Crippen LogP contribution >= 0.6 is 15.9 Å². The molecule has 0 amide bonds. The van der Waals surface area contributed by atoms with Crippen molar-refractivity contribution in [1.82, 2.24) is 0 Å². The topological polar surface area (TPSA) is 66.0 Å². The molecule has 4 nitrogen and oxygen atoms in total. The largest absolute Gasteiger partial charge is 0.507 e. The van der Waals surface area contributed by atoms with Gasteiger partial charge in [0.1, 0.15) is 11.5 Å². The van der Waals surface area contributed by atoms with Crippen LogP contribution < -0.4 is 0 Å². The first-order valence-corrected chi connectivity index (χ1v) is 5.92. The summed E-state index contributed by atoms with van der Waals surface area (Å²) in [6.45, 7) is 0. The van der Waals surface area contributed by atoms with Gasteiger partial charge in [0.05, 0.1) is 6.26 Å². The number of allylic oxidation sites excluding steroid dienone is 1. The molecule has 0 bridgehead atoms. The fraction of sp³-hybridized carbons (Fsp3) is 0. The second-order valence-electron chi connectivity index (χ2n) is 3.50. The zero-order valence-electron chi connectivity index (χ0n) is 9.25. The van der Waals surface area contributed by atoms with Crippen LogP contribution in [0.4, 0.5) is 0 Å². The quantitative estimate of drug-likeness (QED) is 0.517. The van der Waals surface area contributed by atoms with Crippen LogP contribution in [0.15, 0.2) is 56.7 Å². The first-order chi connectivity index (χ1) is 8.70. The monoisotopic (exact) mass is 307 g/mol. The summed E-state index contributed by atoms with van der Waals surface area (Å²) in [6.07, 6.45) is 4.68. The highest BCUT2D eigenvalue weighted by molar-refractivity contribution is 9.10. The molecule has 5 heteroatoms. The van der Waals surface area contributed by atoms with Crippen molar-refractivity contribution < 1.29 is 14.7 Å². The molecular weight excluding hydrogens is 298 g/mol. The van der Waals surface area contributed by atoms with Gasteiger partial charge in [-0.2, -0.15) is 0 Å². The fourth-order valence-corrected chi connectivity index (χ4v) is 1.80. The van der Waals surface area contributed by atoms with Crippen LogP contribution in [0, 0.1) is 0 Å². The lowest BCUT2D eigenvalue weighted by molar-refractivity contribution is 0.318. The Labute approximate surface area is 112 Å². The molecule has 0 spiro atoms. The van der Waals surface area contributed by atoms with Crippen LogP contribution in [0.3, 0.4) is 0 Å². The summed E-state index contributed by atoms with van der Waals surface area (Å²) in [4.78, 5) is 0. The minimum Gasteiger partial charge on any atom is -0.507 e. The van der Waals surface area contributed by atoms with E-state index in [0.717, 1.165) is 4.47 Å². The molecule has 2 N–H and O–H groups in total. The lowest BCUT2D eigenvalue weighted by atomic mass is 10.1. The Morgan fingerprint density at radius 3 is 2.83 bits per heavy atom. The van der Waals surface area contributed by atoms with Gasteiger partial charge in [0.25, 0.3) is 0 Å². The van der Waals surface area contributed by atoms with Crippen molar-refractivity contribution in [3.63, 3.8) is 0 Å². The van der Waals surface area contributed by atoms with Crippen molar-refractivity contribution >= 4 is 27.7 Å². The Kier molecular flexibility index (Phi) is 3.84. The third kappa shape index (κ3) is 2.81. The molecule has 0 atom stereocenters. The van der Waals surface area contributed by atoms with Gasteiger partial charge >= 0.3 is 0 Å². The molecule has 0 aliphatic rings. The van der Waals surface area contributed by atoms with E-state index in [0.29, 0.717) is 11.3 Å². The van der Waals surface area contributed by atoms with E-state index in [4.69, 9.17) is 9.62 Å². The van der Waals surface area contributed by atoms with Crippen molar-refractivity contribution in [2.75, 3.05) is 0 Å². The summed E-state index contributed by atoms with van der Waals surface area (Å²) < 4.78 is 5.96. The van der Waals surface area contributed by atoms with Crippen molar-refractivity contribution in [1.29, 1.82) is 0 Å². The second kappa shape index (κ2) is 5.55. The molecule has 2 rings (SSSR count). The number of benzene rings is 1. The molecule has 18 heavy (non-hydrogen) atoms. The summed E-state index contributed by atoms with van der Waals surface area (Å²) >= 11 is 3.32.